The lowest BCUT2D eigenvalue weighted by Crippen LogP contribution is -2.42. The van der Waals surface area contributed by atoms with Gasteiger partial charge >= 0.3 is 5.97 Å². The van der Waals surface area contributed by atoms with Crippen LogP contribution in [0.15, 0.2) is 35.4 Å². The van der Waals surface area contributed by atoms with Crippen molar-refractivity contribution in [2.45, 2.75) is 26.8 Å². The zero-order valence-electron chi connectivity index (χ0n) is 15.4. The smallest absolute Gasteiger partial charge is 0.328 e. The van der Waals surface area contributed by atoms with E-state index in [0.717, 1.165) is 39.4 Å². The Balaban J connectivity index is 1.96. The number of aromatic nitrogens is 2. The van der Waals surface area contributed by atoms with Crippen LogP contribution in [-0.4, -0.2) is 44.7 Å². The van der Waals surface area contributed by atoms with Crippen LogP contribution in [-0.2, 0) is 14.3 Å². The van der Waals surface area contributed by atoms with E-state index in [2.05, 4.69) is 9.72 Å². The minimum atomic E-state index is -0.964. The summed E-state index contributed by atoms with van der Waals surface area (Å²) in [5.41, 5.74) is 2.67. The molecule has 140 valence electrons. The Bertz CT molecular complexity index is 949. The van der Waals surface area contributed by atoms with Crippen LogP contribution >= 0.6 is 11.8 Å². The fraction of sp³-hybridized carbons (Fsp3) is 0.263. The first-order valence-corrected chi connectivity index (χ1v) is 9.12. The number of hydrogen-bond donors (Lipinski definition) is 0. The molecule has 0 bridgehead atoms. The molecule has 0 saturated carbocycles. The third kappa shape index (κ3) is 3.40. The zero-order chi connectivity index (χ0) is 19.7. The first-order chi connectivity index (χ1) is 12.8. The van der Waals surface area contributed by atoms with Gasteiger partial charge in [0.05, 0.1) is 12.0 Å². The lowest BCUT2D eigenvalue weighted by atomic mass is 10.2. The molecule has 2 aromatic rings. The highest BCUT2D eigenvalue weighted by molar-refractivity contribution is 8.18. The molecule has 0 unspecified atom stereocenters. The van der Waals surface area contributed by atoms with Crippen molar-refractivity contribution in [1.29, 1.82) is 0 Å². The van der Waals surface area contributed by atoms with Gasteiger partial charge in [0.2, 0.25) is 0 Å². The number of carbonyl (C=O) groups is 3. The predicted molar refractivity (Wildman–Crippen MR) is 102 cm³/mol. The Labute approximate surface area is 161 Å². The lowest BCUT2D eigenvalue weighted by molar-refractivity contribution is -0.148. The number of ether oxygens (including phenoxy) is 1. The topological polar surface area (TPSA) is 81.5 Å². The van der Waals surface area contributed by atoms with Crippen LogP contribution in [0.4, 0.5) is 4.79 Å². The molecule has 0 N–H and O–H groups in total. The van der Waals surface area contributed by atoms with Gasteiger partial charge in [0, 0.05) is 17.6 Å². The fourth-order valence-electron chi connectivity index (χ4n) is 3.00. The third-order valence-corrected chi connectivity index (χ3v) is 5.27. The van der Waals surface area contributed by atoms with Gasteiger partial charge in [0.25, 0.3) is 11.1 Å². The molecule has 2 amide bonds. The minimum absolute atomic E-state index is 0.275. The number of methoxy groups -OCH3 is 1. The molecule has 1 fully saturated rings. The van der Waals surface area contributed by atoms with Crippen molar-refractivity contribution in [1.82, 2.24) is 14.5 Å². The number of esters is 1. The quantitative estimate of drug-likeness (QED) is 0.594. The summed E-state index contributed by atoms with van der Waals surface area (Å²) in [6, 6.07) is 6.61. The molecule has 1 atom stereocenters. The van der Waals surface area contributed by atoms with E-state index < -0.39 is 23.2 Å². The highest BCUT2D eigenvalue weighted by Crippen LogP contribution is 2.35. The van der Waals surface area contributed by atoms with E-state index in [-0.39, 0.29) is 4.91 Å². The summed E-state index contributed by atoms with van der Waals surface area (Å²) in [7, 11) is 1.22. The first-order valence-electron chi connectivity index (χ1n) is 8.30. The zero-order valence-corrected chi connectivity index (χ0v) is 16.2. The van der Waals surface area contributed by atoms with E-state index in [1.54, 1.807) is 12.3 Å². The molecule has 0 aromatic carbocycles. The van der Waals surface area contributed by atoms with Crippen molar-refractivity contribution in [3.05, 3.63) is 52.3 Å². The van der Waals surface area contributed by atoms with Crippen LogP contribution in [0.25, 0.3) is 11.9 Å². The Morgan fingerprint density at radius 1 is 1.30 bits per heavy atom. The van der Waals surface area contributed by atoms with E-state index in [0.29, 0.717) is 0 Å². The number of amides is 2. The van der Waals surface area contributed by atoms with E-state index in [1.165, 1.54) is 14.0 Å². The normalized spacial score (nSPS) is 16.9. The fourth-order valence-corrected chi connectivity index (χ4v) is 3.90. The second kappa shape index (κ2) is 7.40. The molecule has 1 aliphatic heterocycles. The second-order valence-electron chi connectivity index (χ2n) is 6.10. The standard InChI is InChI=1S/C19H19N3O4S/c1-11-9-14(12(2)21(11)16-7-5-6-8-20-16)10-15-17(23)22(19(25)27-15)13(3)18(24)26-4/h5-10,13H,1-4H3/b15-10+/t13-/m0/s1. The van der Waals surface area contributed by atoms with Gasteiger partial charge < -0.3 is 9.30 Å². The Kier molecular flexibility index (Phi) is 5.18. The van der Waals surface area contributed by atoms with Gasteiger partial charge in [0.1, 0.15) is 11.9 Å². The SMILES string of the molecule is COC(=O)[C@H](C)N1C(=O)S/C(=C/c2cc(C)n(-c3ccccn3)c2C)C1=O. The van der Waals surface area contributed by atoms with E-state index in [9.17, 15) is 14.4 Å². The molecular formula is C19H19N3O4S. The van der Waals surface area contributed by atoms with Crippen LogP contribution in [0.3, 0.4) is 0 Å². The van der Waals surface area contributed by atoms with Crippen LogP contribution in [0.2, 0.25) is 0 Å². The van der Waals surface area contributed by atoms with E-state index in [1.807, 2.05) is 42.7 Å². The molecule has 3 rings (SSSR count). The predicted octanol–water partition coefficient (Wildman–Crippen LogP) is 3.09. The summed E-state index contributed by atoms with van der Waals surface area (Å²) in [6.45, 7) is 5.34. The molecule has 3 heterocycles. The highest BCUT2D eigenvalue weighted by atomic mass is 32.2. The number of pyridine rings is 1. The molecule has 0 spiro atoms. The average molecular weight is 385 g/mol. The number of aryl methyl sites for hydroxylation is 1. The van der Waals surface area contributed by atoms with Crippen LogP contribution in [0, 0.1) is 13.8 Å². The second-order valence-corrected chi connectivity index (χ2v) is 7.09. The summed E-state index contributed by atoms with van der Waals surface area (Å²) in [4.78, 5) is 42.1. The van der Waals surface area contributed by atoms with Gasteiger partial charge in [-0.15, -0.1) is 0 Å². The summed E-state index contributed by atoms with van der Waals surface area (Å²) in [5.74, 6) is -0.350. The summed E-state index contributed by atoms with van der Waals surface area (Å²) < 4.78 is 6.62. The minimum Gasteiger partial charge on any atom is -0.467 e. The number of carbonyl (C=O) groups excluding carboxylic acids is 3. The molecular weight excluding hydrogens is 366 g/mol. The van der Waals surface area contributed by atoms with Gasteiger partial charge in [-0.3, -0.25) is 14.5 Å². The number of rotatable bonds is 4. The summed E-state index contributed by atoms with van der Waals surface area (Å²) in [6.07, 6.45) is 3.39. The maximum absolute atomic E-state index is 12.6. The van der Waals surface area contributed by atoms with Gasteiger partial charge in [0.15, 0.2) is 0 Å². The Hall–Kier alpha value is -2.87. The molecule has 8 heteroatoms. The van der Waals surface area contributed by atoms with E-state index in [4.69, 9.17) is 0 Å². The average Bonchev–Trinajstić information content (AvgIpc) is 3.09. The van der Waals surface area contributed by atoms with Gasteiger partial charge in [-0.25, -0.2) is 9.78 Å². The van der Waals surface area contributed by atoms with Crippen molar-refractivity contribution >= 4 is 35.0 Å². The highest BCUT2D eigenvalue weighted by Gasteiger charge is 2.41. The largest absolute Gasteiger partial charge is 0.467 e. The Morgan fingerprint density at radius 2 is 2.04 bits per heavy atom. The first kappa shape index (κ1) is 18.9. The van der Waals surface area contributed by atoms with Crippen molar-refractivity contribution < 1.29 is 19.1 Å². The summed E-state index contributed by atoms with van der Waals surface area (Å²) in [5, 5.41) is -0.484. The molecule has 0 radical (unpaired) electrons. The maximum Gasteiger partial charge on any atom is 0.328 e. The number of nitrogens with zero attached hydrogens (tertiary/aromatic N) is 3. The van der Waals surface area contributed by atoms with Crippen LogP contribution in [0.1, 0.15) is 23.9 Å². The monoisotopic (exact) mass is 385 g/mol. The van der Waals surface area contributed by atoms with Gasteiger partial charge in [-0.1, -0.05) is 6.07 Å². The van der Waals surface area contributed by atoms with Crippen molar-refractivity contribution in [3.8, 4) is 5.82 Å². The number of imide groups is 1. The summed E-state index contributed by atoms with van der Waals surface area (Å²) >= 11 is 0.818. The van der Waals surface area contributed by atoms with Crippen molar-refractivity contribution in [3.63, 3.8) is 0 Å². The molecule has 0 aliphatic carbocycles. The molecule has 1 aliphatic rings. The molecule has 27 heavy (non-hydrogen) atoms. The van der Waals surface area contributed by atoms with Gasteiger partial charge in [-0.2, -0.15) is 0 Å². The maximum atomic E-state index is 12.6. The van der Waals surface area contributed by atoms with Crippen molar-refractivity contribution in [2.24, 2.45) is 0 Å². The molecule has 7 nitrogen and oxygen atoms in total. The molecule has 2 aromatic heterocycles. The molecule has 1 saturated heterocycles. The third-order valence-electron chi connectivity index (χ3n) is 4.39. The van der Waals surface area contributed by atoms with E-state index >= 15 is 0 Å². The lowest BCUT2D eigenvalue weighted by Gasteiger charge is -2.18. The number of thioether (sulfide) groups is 1. The van der Waals surface area contributed by atoms with Crippen LogP contribution < -0.4 is 0 Å². The Morgan fingerprint density at radius 3 is 2.67 bits per heavy atom. The van der Waals surface area contributed by atoms with Crippen LogP contribution in [0.5, 0.6) is 0 Å². The number of hydrogen-bond acceptors (Lipinski definition) is 6. The van der Waals surface area contributed by atoms with Gasteiger partial charge in [-0.05, 0) is 62.4 Å². The van der Waals surface area contributed by atoms with Crippen molar-refractivity contribution in [2.75, 3.05) is 7.11 Å².